The Hall–Kier alpha value is -4.31. The lowest BCUT2D eigenvalue weighted by molar-refractivity contribution is -0.123. The van der Waals surface area contributed by atoms with E-state index >= 15 is 0 Å². The van der Waals surface area contributed by atoms with Crippen LogP contribution < -0.4 is 16.4 Å². The Balaban J connectivity index is 1.43. The molecule has 0 unspecified atom stereocenters. The summed E-state index contributed by atoms with van der Waals surface area (Å²) in [6, 6.07) is 17.5. The summed E-state index contributed by atoms with van der Waals surface area (Å²) in [7, 11) is 0. The van der Waals surface area contributed by atoms with Crippen molar-refractivity contribution in [3.8, 4) is 5.69 Å². The van der Waals surface area contributed by atoms with Crippen molar-refractivity contribution >= 4 is 29.2 Å². The van der Waals surface area contributed by atoms with Crippen LogP contribution in [-0.2, 0) is 17.6 Å². The van der Waals surface area contributed by atoms with Crippen molar-refractivity contribution in [2.24, 2.45) is 0 Å². The van der Waals surface area contributed by atoms with E-state index in [-0.39, 0.29) is 11.7 Å². The topological polar surface area (TPSA) is 141 Å². The van der Waals surface area contributed by atoms with Crippen LogP contribution in [-0.4, -0.2) is 49.6 Å². The van der Waals surface area contributed by atoms with Gasteiger partial charge in [-0.1, -0.05) is 41.9 Å². The third-order valence-corrected chi connectivity index (χ3v) is 5.80. The second kappa shape index (κ2) is 11.9. The van der Waals surface area contributed by atoms with Crippen LogP contribution in [0.5, 0.6) is 0 Å². The van der Waals surface area contributed by atoms with Crippen LogP contribution in [0.15, 0.2) is 73.2 Å². The predicted molar refractivity (Wildman–Crippen MR) is 136 cm³/mol. The molecule has 2 heterocycles. The Bertz CT molecular complexity index is 1310. The van der Waals surface area contributed by atoms with Crippen LogP contribution in [0.1, 0.15) is 27.9 Å². The van der Waals surface area contributed by atoms with Gasteiger partial charge in [-0.15, -0.1) is 5.10 Å². The summed E-state index contributed by atoms with van der Waals surface area (Å²) >= 11 is 6.19. The van der Waals surface area contributed by atoms with Crippen LogP contribution in [0.4, 0.5) is 5.82 Å². The Morgan fingerprint density at radius 2 is 1.89 bits per heavy atom. The summed E-state index contributed by atoms with van der Waals surface area (Å²) in [4.78, 5) is 29.9. The van der Waals surface area contributed by atoms with Crippen LogP contribution in [0.2, 0.25) is 5.02 Å². The fraction of sp³-hybridized carbons (Fsp3) is 0.200. The van der Waals surface area contributed by atoms with Gasteiger partial charge in [-0.2, -0.15) is 0 Å². The lowest BCUT2D eigenvalue weighted by Crippen LogP contribution is -2.47. The third kappa shape index (κ3) is 6.63. The first kappa shape index (κ1) is 24.8. The molecular formula is C25H25ClN8O2. The summed E-state index contributed by atoms with van der Waals surface area (Å²) in [6.07, 6.45) is 4.48. The molecule has 1 atom stereocenters. The molecule has 184 valence electrons. The van der Waals surface area contributed by atoms with E-state index in [2.05, 4.69) is 31.1 Å². The smallest absolute Gasteiger partial charge is 0.252 e. The second-order valence-electron chi connectivity index (χ2n) is 8.09. The first-order chi connectivity index (χ1) is 17.5. The summed E-state index contributed by atoms with van der Waals surface area (Å²) in [6.45, 7) is 0.328. The molecule has 11 heteroatoms. The van der Waals surface area contributed by atoms with Crippen molar-refractivity contribution in [2.75, 3.05) is 12.3 Å². The number of anilines is 1. The molecule has 4 rings (SSSR count). The number of tetrazole rings is 1. The summed E-state index contributed by atoms with van der Waals surface area (Å²) in [5, 5.41) is 17.6. The van der Waals surface area contributed by atoms with Gasteiger partial charge in [0.2, 0.25) is 5.91 Å². The minimum Gasteiger partial charge on any atom is -0.384 e. The number of nitrogens with two attached hydrogens (primary N) is 1. The molecule has 10 nitrogen and oxygen atoms in total. The van der Waals surface area contributed by atoms with Gasteiger partial charge < -0.3 is 16.4 Å². The number of nitrogens with zero attached hydrogens (tertiary/aromatic N) is 5. The molecular weight excluding hydrogens is 480 g/mol. The minimum absolute atomic E-state index is 0.229. The molecule has 0 radical (unpaired) electrons. The monoisotopic (exact) mass is 504 g/mol. The molecule has 0 saturated heterocycles. The standard InChI is InChI=1S/C25H25ClN8O2/c26-20-7-9-22(34-16-30-32-33-34)18(14-20)10-13-29-25(36)21(8-6-17-4-2-1-3-5-17)31-24(35)19-11-12-28-23(27)15-19/h1-5,7,9,11-12,14-16,21H,6,8,10,13H2,(H2,27,28)(H,29,36)(H,31,35)/t21-/m0/s1. The van der Waals surface area contributed by atoms with Crippen LogP contribution in [0, 0.1) is 0 Å². The van der Waals surface area contributed by atoms with Crippen molar-refractivity contribution < 1.29 is 9.59 Å². The normalized spacial score (nSPS) is 11.6. The minimum atomic E-state index is -0.745. The molecule has 0 aliphatic carbocycles. The first-order valence-corrected chi connectivity index (χ1v) is 11.7. The fourth-order valence-corrected chi connectivity index (χ4v) is 3.94. The number of benzene rings is 2. The zero-order valence-electron chi connectivity index (χ0n) is 19.3. The van der Waals surface area contributed by atoms with Crippen molar-refractivity contribution in [1.29, 1.82) is 0 Å². The van der Waals surface area contributed by atoms with Gasteiger partial charge in [-0.3, -0.25) is 9.59 Å². The zero-order valence-corrected chi connectivity index (χ0v) is 20.1. The number of carbonyl (C=O) groups is 2. The quantitative estimate of drug-likeness (QED) is 0.301. The highest BCUT2D eigenvalue weighted by Crippen LogP contribution is 2.19. The largest absolute Gasteiger partial charge is 0.384 e. The van der Waals surface area contributed by atoms with Gasteiger partial charge in [-0.05, 0) is 71.1 Å². The Morgan fingerprint density at radius 1 is 1.06 bits per heavy atom. The number of pyridine rings is 1. The molecule has 2 aromatic heterocycles. The number of nitrogen functional groups attached to an aromatic ring is 1. The van der Waals surface area contributed by atoms with Gasteiger partial charge in [0.25, 0.3) is 5.91 Å². The van der Waals surface area contributed by atoms with E-state index in [0.29, 0.717) is 36.4 Å². The van der Waals surface area contributed by atoms with E-state index in [1.807, 2.05) is 42.5 Å². The maximum atomic E-state index is 13.1. The fourth-order valence-electron chi connectivity index (χ4n) is 3.75. The average molecular weight is 505 g/mol. The van der Waals surface area contributed by atoms with Crippen LogP contribution in [0.3, 0.4) is 0 Å². The highest BCUT2D eigenvalue weighted by Gasteiger charge is 2.21. The molecule has 2 amide bonds. The molecule has 0 bridgehead atoms. The van der Waals surface area contributed by atoms with Gasteiger partial charge >= 0.3 is 0 Å². The van der Waals surface area contributed by atoms with E-state index in [0.717, 1.165) is 16.8 Å². The molecule has 2 aromatic carbocycles. The third-order valence-electron chi connectivity index (χ3n) is 5.56. The van der Waals surface area contributed by atoms with E-state index in [1.54, 1.807) is 12.1 Å². The Kier molecular flexibility index (Phi) is 8.20. The molecule has 0 saturated carbocycles. The molecule has 0 aliphatic rings. The average Bonchev–Trinajstić information content (AvgIpc) is 3.42. The van der Waals surface area contributed by atoms with E-state index < -0.39 is 11.9 Å². The highest BCUT2D eigenvalue weighted by atomic mass is 35.5. The second-order valence-corrected chi connectivity index (χ2v) is 8.52. The molecule has 4 N–H and O–H groups in total. The maximum absolute atomic E-state index is 13.1. The SMILES string of the molecule is Nc1cc(C(=O)N[C@@H](CCc2ccccc2)C(=O)NCCc2cc(Cl)ccc2-n2cnnn2)ccn1. The Morgan fingerprint density at radius 3 is 2.64 bits per heavy atom. The number of amides is 2. The zero-order chi connectivity index (χ0) is 25.3. The number of aromatic nitrogens is 5. The van der Waals surface area contributed by atoms with Crippen molar-refractivity contribution in [3.05, 3.63) is 94.9 Å². The number of aryl methyl sites for hydroxylation is 1. The number of hydrogen-bond acceptors (Lipinski definition) is 7. The van der Waals surface area contributed by atoms with Gasteiger partial charge in [0.05, 0.1) is 5.69 Å². The van der Waals surface area contributed by atoms with Gasteiger partial charge in [-0.25, -0.2) is 9.67 Å². The maximum Gasteiger partial charge on any atom is 0.252 e. The van der Waals surface area contributed by atoms with Gasteiger partial charge in [0, 0.05) is 23.3 Å². The number of hydrogen-bond donors (Lipinski definition) is 3. The van der Waals surface area contributed by atoms with E-state index in [9.17, 15) is 9.59 Å². The van der Waals surface area contributed by atoms with Gasteiger partial charge in [0.15, 0.2) is 0 Å². The molecule has 36 heavy (non-hydrogen) atoms. The molecule has 0 aliphatic heterocycles. The number of nitrogens with one attached hydrogen (secondary N) is 2. The summed E-state index contributed by atoms with van der Waals surface area (Å²) in [5.74, 6) is -0.451. The van der Waals surface area contributed by atoms with Crippen molar-refractivity contribution in [2.45, 2.75) is 25.3 Å². The first-order valence-electron chi connectivity index (χ1n) is 11.4. The van der Waals surface area contributed by atoms with E-state index in [1.165, 1.54) is 23.3 Å². The van der Waals surface area contributed by atoms with Gasteiger partial charge in [0.1, 0.15) is 18.2 Å². The Labute approximate surface area is 212 Å². The van der Waals surface area contributed by atoms with E-state index in [4.69, 9.17) is 17.3 Å². The summed E-state index contributed by atoms with van der Waals surface area (Å²) < 4.78 is 1.54. The molecule has 0 fully saturated rings. The molecule has 0 spiro atoms. The number of carbonyl (C=O) groups excluding carboxylic acids is 2. The lowest BCUT2D eigenvalue weighted by atomic mass is 10.0. The van der Waals surface area contributed by atoms with Crippen LogP contribution >= 0.6 is 11.6 Å². The number of halogens is 1. The molecule has 4 aromatic rings. The highest BCUT2D eigenvalue weighted by molar-refractivity contribution is 6.30. The summed E-state index contributed by atoms with van der Waals surface area (Å²) in [5.41, 5.74) is 8.75. The lowest BCUT2D eigenvalue weighted by Gasteiger charge is -2.19. The van der Waals surface area contributed by atoms with Crippen molar-refractivity contribution in [3.63, 3.8) is 0 Å². The van der Waals surface area contributed by atoms with Crippen molar-refractivity contribution in [1.82, 2.24) is 35.8 Å². The number of rotatable bonds is 10. The predicted octanol–water partition coefficient (Wildman–Crippen LogP) is 2.38. The van der Waals surface area contributed by atoms with Crippen LogP contribution in [0.25, 0.3) is 5.69 Å².